The molecule has 0 aliphatic rings. The minimum atomic E-state index is -4.92. The Hall–Kier alpha value is -1.47. The molecular formula is C7H10F3NO4. The van der Waals surface area contributed by atoms with Crippen LogP contribution in [-0.2, 0) is 14.3 Å². The maximum absolute atomic E-state index is 12.2. The van der Waals surface area contributed by atoms with Gasteiger partial charge < -0.3 is 9.47 Å². The van der Waals surface area contributed by atoms with Gasteiger partial charge in [0.2, 0.25) is 6.04 Å². The molecule has 0 unspecified atom stereocenters. The minimum absolute atomic E-state index is 0.0996. The molecule has 8 heteroatoms. The molecule has 0 radical (unpaired) electrons. The van der Waals surface area contributed by atoms with Crippen LogP contribution in [0.15, 0.2) is 0 Å². The summed E-state index contributed by atoms with van der Waals surface area (Å²) >= 11 is 0. The van der Waals surface area contributed by atoms with E-state index in [0.29, 0.717) is 0 Å². The van der Waals surface area contributed by atoms with Gasteiger partial charge in [0.05, 0.1) is 13.7 Å². The van der Waals surface area contributed by atoms with Crippen molar-refractivity contribution in [1.29, 1.82) is 0 Å². The van der Waals surface area contributed by atoms with E-state index in [1.165, 1.54) is 12.2 Å². The molecule has 0 fully saturated rings. The third-order valence-electron chi connectivity index (χ3n) is 1.30. The molecule has 1 atom stereocenters. The molecule has 0 aliphatic heterocycles. The van der Waals surface area contributed by atoms with E-state index in [-0.39, 0.29) is 6.61 Å². The summed E-state index contributed by atoms with van der Waals surface area (Å²) in [6, 6.07) is -2.71. The number of amides is 1. The fraction of sp³-hybridized carbons (Fsp3) is 0.714. The zero-order chi connectivity index (χ0) is 12.1. The highest BCUT2D eigenvalue weighted by Gasteiger charge is 2.47. The van der Waals surface area contributed by atoms with Gasteiger partial charge >= 0.3 is 18.2 Å². The van der Waals surface area contributed by atoms with E-state index in [2.05, 4.69) is 9.47 Å². The van der Waals surface area contributed by atoms with Gasteiger partial charge in [-0.25, -0.2) is 9.59 Å². The maximum Gasteiger partial charge on any atom is 0.419 e. The average Bonchev–Trinajstić information content (AvgIpc) is 2.12. The van der Waals surface area contributed by atoms with Gasteiger partial charge in [0, 0.05) is 0 Å². The first-order valence-corrected chi connectivity index (χ1v) is 3.90. The van der Waals surface area contributed by atoms with Gasteiger partial charge in [-0.3, -0.25) is 5.32 Å². The van der Waals surface area contributed by atoms with E-state index < -0.39 is 24.3 Å². The van der Waals surface area contributed by atoms with Gasteiger partial charge in [-0.2, -0.15) is 13.2 Å². The van der Waals surface area contributed by atoms with Crippen LogP contribution in [0.3, 0.4) is 0 Å². The van der Waals surface area contributed by atoms with Crippen molar-refractivity contribution < 1.29 is 32.2 Å². The van der Waals surface area contributed by atoms with E-state index >= 15 is 0 Å². The Kier molecular flexibility index (Phi) is 4.89. The fourth-order valence-electron chi connectivity index (χ4n) is 0.683. The van der Waals surface area contributed by atoms with Crippen LogP contribution in [0.25, 0.3) is 0 Å². The van der Waals surface area contributed by atoms with Crippen molar-refractivity contribution >= 4 is 12.1 Å². The van der Waals surface area contributed by atoms with E-state index in [1.54, 1.807) is 0 Å². The molecule has 0 aromatic rings. The molecule has 1 amide bonds. The van der Waals surface area contributed by atoms with Gasteiger partial charge in [-0.05, 0) is 6.92 Å². The fourth-order valence-corrected chi connectivity index (χ4v) is 0.683. The first kappa shape index (κ1) is 13.5. The maximum atomic E-state index is 12.2. The zero-order valence-corrected chi connectivity index (χ0v) is 8.05. The Morgan fingerprint density at radius 2 is 1.93 bits per heavy atom. The Balaban J connectivity index is 4.53. The number of hydrogen-bond donors (Lipinski definition) is 1. The smallest absolute Gasteiger partial charge is 0.419 e. The zero-order valence-electron chi connectivity index (χ0n) is 8.05. The van der Waals surface area contributed by atoms with Crippen LogP contribution in [-0.4, -0.2) is 38.0 Å². The average molecular weight is 229 g/mol. The van der Waals surface area contributed by atoms with Crippen LogP contribution in [0.1, 0.15) is 6.92 Å². The summed E-state index contributed by atoms with van der Waals surface area (Å²) < 4.78 is 44.7. The van der Waals surface area contributed by atoms with E-state index in [9.17, 15) is 22.8 Å². The number of carbonyl (C=O) groups excluding carboxylic acids is 2. The second kappa shape index (κ2) is 5.42. The standard InChI is InChI=1S/C7H10F3NO4/c1-3-15-6(13)11-4(5(12)14-2)7(8,9)10/h4H,3H2,1-2H3,(H,11,13)/t4-/m0/s1. The Morgan fingerprint density at radius 1 is 1.40 bits per heavy atom. The Morgan fingerprint density at radius 3 is 2.27 bits per heavy atom. The van der Waals surface area contributed by atoms with E-state index in [0.717, 1.165) is 7.11 Å². The molecule has 5 nitrogen and oxygen atoms in total. The molecule has 0 rings (SSSR count). The predicted octanol–water partition coefficient (Wildman–Crippen LogP) is 0.836. The number of alkyl carbamates (subject to hydrolysis) is 1. The number of nitrogens with one attached hydrogen (secondary N) is 1. The predicted molar refractivity (Wildman–Crippen MR) is 42.0 cm³/mol. The van der Waals surface area contributed by atoms with Crippen LogP contribution < -0.4 is 5.32 Å². The molecule has 0 spiro atoms. The lowest BCUT2D eigenvalue weighted by Crippen LogP contribution is -2.51. The normalized spacial score (nSPS) is 12.9. The third kappa shape index (κ3) is 4.52. The summed E-state index contributed by atoms with van der Waals surface area (Å²) in [6.07, 6.45) is -6.25. The number of esters is 1. The number of alkyl halides is 3. The molecule has 0 bridgehead atoms. The number of methoxy groups -OCH3 is 1. The monoisotopic (exact) mass is 229 g/mol. The number of rotatable bonds is 3. The van der Waals surface area contributed by atoms with Crippen molar-refractivity contribution in [3.8, 4) is 0 Å². The van der Waals surface area contributed by atoms with Crippen LogP contribution in [0.5, 0.6) is 0 Å². The summed E-state index contributed by atoms with van der Waals surface area (Å²) in [5.41, 5.74) is 0. The minimum Gasteiger partial charge on any atom is -0.467 e. The first-order chi connectivity index (χ1) is 6.82. The van der Waals surface area contributed by atoms with Crippen molar-refractivity contribution in [1.82, 2.24) is 5.32 Å². The molecule has 0 aromatic carbocycles. The summed E-state index contributed by atoms with van der Waals surface area (Å²) in [6.45, 7) is 1.32. The molecule has 0 saturated heterocycles. The summed E-state index contributed by atoms with van der Waals surface area (Å²) in [7, 11) is 0.786. The molecule has 0 saturated carbocycles. The highest BCUT2D eigenvalue weighted by atomic mass is 19.4. The van der Waals surface area contributed by atoms with Crippen molar-refractivity contribution in [2.24, 2.45) is 0 Å². The van der Waals surface area contributed by atoms with E-state index in [1.807, 2.05) is 0 Å². The number of ether oxygens (including phenoxy) is 2. The molecule has 88 valence electrons. The second-order valence-electron chi connectivity index (χ2n) is 2.36. The van der Waals surface area contributed by atoms with Gasteiger partial charge in [-0.1, -0.05) is 0 Å². The molecule has 1 N–H and O–H groups in total. The molecular weight excluding hydrogens is 219 g/mol. The van der Waals surface area contributed by atoms with E-state index in [4.69, 9.17) is 0 Å². The Labute approximate surface area is 83.5 Å². The SMILES string of the molecule is CCOC(=O)N[C@@H](C(=O)OC)C(F)(F)F. The van der Waals surface area contributed by atoms with Gasteiger partial charge in [-0.15, -0.1) is 0 Å². The number of hydrogen-bond acceptors (Lipinski definition) is 4. The van der Waals surface area contributed by atoms with Gasteiger partial charge in [0.25, 0.3) is 0 Å². The summed E-state index contributed by atoms with van der Waals surface area (Å²) in [5, 5.41) is 1.35. The topological polar surface area (TPSA) is 64.6 Å². The highest BCUT2D eigenvalue weighted by Crippen LogP contribution is 2.21. The lowest BCUT2D eigenvalue weighted by atomic mass is 10.3. The highest BCUT2D eigenvalue weighted by molar-refractivity contribution is 5.82. The number of halogens is 3. The van der Waals surface area contributed by atoms with Crippen LogP contribution in [0, 0.1) is 0 Å². The van der Waals surface area contributed by atoms with Crippen molar-refractivity contribution in [2.45, 2.75) is 19.1 Å². The molecule has 15 heavy (non-hydrogen) atoms. The largest absolute Gasteiger partial charge is 0.467 e. The Bertz CT molecular complexity index is 241. The van der Waals surface area contributed by atoms with Crippen molar-refractivity contribution in [2.75, 3.05) is 13.7 Å². The molecule has 0 aliphatic carbocycles. The first-order valence-electron chi connectivity index (χ1n) is 3.90. The van der Waals surface area contributed by atoms with Gasteiger partial charge in [0.15, 0.2) is 0 Å². The van der Waals surface area contributed by atoms with Gasteiger partial charge in [0.1, 0.15) is 0 Å². The second-order valence-corrected chi connectivity index (χ2v) is 2.36. The lowest BCUT2D eigenvalue weighted by molar-refractivity contribution is -0.181. The van der Waals surface area contributed by atoms with Crippen molar-refractivity contribution in [3.05, 3.63) is 0 Å². The van der Waals surface area contributed by atoms with Crippen LogP contribution in [0.2, 0.25) is 0 Å². The molecule has 0 heterocycles. The number of carbonyl (C=O) groups is 2. The van der Waals surface area contributed by atoms with Crippen molar-refractivity contribution in [3.63, 3.8) is 0 Å². The third-order valence-corrected chi connectivity index (χ3v) is 1.30. The molecule has 0 aromatic heterocycles. The summed E-state index contributed by atoms with van der Waals surface area (Å²) in [4.78, 5) is 21.4. The quantitative estimate of drug-likeness (QED) is 0.728. The van der Waals surface area contributed by atoms with Crippen LogP contribution >= 0.6 is 0 Å². The summed E-state index contributed by atoms with van der Waals surface area (Å²) in [5.74, 6) is -1.60. The van der Waals surface area contributed by atoms with Crippen LogP contribution in [0.4, 0.5) is 18.0 Å². The lowest BCUT2D eigenvalue weighted by Gasteiger charge is -2.18.